The van der Waals surface area contributed by atoms with Gasteiger partial charge in [-0.3, -0.25) is 0 Å². The van der Waals surface area contributed by atoms with E-state index in [9.17, 15) is 0 Å². The monoisotopic (exact) mass is 255 g/mol. The van der Waals surface area contributed by atoms with E-state index in [0.29, 0.717) is 30.7 Å². The van der Waals surface area contributed by atoms with Crippen LogP contribution in [0.25, 0.3) is 0 Å². The standard InChI is InChI=1S/C13H25N3O2/c1-5-11(17-6-2)13-15-12(18-16-13)8-10(14)7-9(3)4/h9-11H,5-8,14H2,1-4H3. The highest BCUT2D eigenvalue weighted by atomic mass is 16.5. The highest BCUT2D eigenvalue weighted by molar-refractivity contribution is 4.93. The van der Waals surface area contributed by atoms with Crippen LogP contribution in [0.1, 0.15) is 58.4 Å². The van der Waals surface area contributed by atoms with E-state index in [2.05, 4.69) is 24.0 Å². The summed E-state index contributed by atoms with van der Waals surface area (Å²) in [6.45, 7) is 8.96. The van der Waals surface area contributed by atoms with Gasteiger partial charge in [-0.25, -0.2) is 0 Å². The Morgan fingerprint density at radius 2 is 2.06 bits per heavy atom. The van der Waals surface area contributed by atoms with Gasteiger partial charge >= 0.3 is 0 Å². The summed E-state index contributed by atoms with van der Waals surface area (Å²) in [6, 6.07) is 0.0745. The molecule has 2 atom stereocenters. The lowest BCUT2D eigenvalue weighted by Gasteiger charge is -2.11. The fourth-order valence-electron chi connectivity index (χ4n) is 1.97. The van der Waals surface area contributed by atoms with Gasteiger partial charge in [-0.05, 0) is 25.7 Å². The van der Waals surface area contributed by atoms with Crippen LogP contribution in [0.2, 0.25) is 0 Å². The van der Waals surface area contributed by atoms with E-state index >= 15 is 0 Å². The Kier molecular flexibility index (Phi) is 6.29. The molecule has 0 aliphatic heterocycles. The smallest absolute Gasteiger partial charge is 0.228 e. The minimum Gasteiger partial charge on any atom is -0.370 e. The maximum atomic E-state index is 6.02. The van der Waals surface area contributed by atoms with Gasteiger partial charge in [0.25, 0.3) is 0 Å². The number of hydrogen-bond acceptors (Lipinski definition) is 5. The molecule has 5 nitrogen and oxygen atoms in total. The van der Waals surface area contributed by atoms with Crippen molar-refractivity contribution in [3.63, 3.8) is 0 Å². The van der Waals surface area contributed by atoms with Gasteiger partial charge in [0.1, 0.15) is 6.10 Å². The minimum absolute atomic E-state index is 0.0745. The first kappa shape index (κ1) is 15.1. The van der Waals surface area contributed by atoms with E-state index in [0.717, 1.165) is 12.8 Å². The van der Waals surface area contributed by atoms with Crippen molar-refractivity contribution in [2.24, 2.45) is 11.7 Å². The molecule has 1 heterocycles. The summed E-state index contributed by atoms with van der Waals surface area (Å²) in [7, 11) is 0. The second kappa shape index (κ2) is 7.48. The average molecular weight is 255 g/mol. The summed E-state index contributed by atoms with van der Waals surface area (Å²) in [5.74, 6) is 1.82. The Labute approximate surface area is 109 Å². The van der Waals surface area contributed by atoms with Crippen molar-refractivity contribution < 1.29 is 9.26 Å². The van der Waals surface area contributed by atoms with Crippen molar-refractivity contribution in [2.45, 2.75) is 59.1 Å². The fourth-order valence-corrected chi connectivity index (χ4v) is 1.97. The van der Waals surface area contributed by atoms with Gasteiger partial charge in [-0.2, -0.15) is 4.98 Å². The van der Waals surface area contributed by atoms with Gasteiger partial charge in [-0.1, -0.05) is 25.9 Å². The molecule has 0 aliphatic carbocycles. The highest BCUT2D eigenvalue weighted by Crippen LogP contribution is 2.18. The lowest BCUT2D eigenvalue weighted by atomic mass is 10.0. The first-order valence-electron chi connectivity index (χ1n) is 6.76. The molecule has 0 aliphatic rings. The predicted molar refractivity (Wildman–Crippen MR) is 70.1 cm³/mol. The maximum absolute atomic E-state index is 6.02. The second-order valence-corrected chi connectivity index (χ2v) is 4.99. The molecule has 1 rings (SSSR count). The van der Waals surface area contributed by atoms with Crippen molar-refractivity contribution in [1.29, 1.82) is 0 Å². The zero-order chi connectivity index (χ0) is 13.5. The SMILES string of the molecule is CCOC(CC)c1noc(CC(N)CC(C)C)n1. The molecule has 2 unspecified atom stereocenters. The number of nitrogens with two attached hydrogens (primary N) is 1. The number of hydrogen-bond donors (Lipinski definition) is 1. The van der Waals surface area contributed by atoms with E-state index in [1.54, 1.807) is 0 Å². The minimum atomic E-state index is -0.0752. The Hall–Kier alpha value is -0.940. The van der Waals surface area contributed by atoms with Crippen LogP contribution in [-0.2, 0) is 11.2 Å². The van der Waals surface area contributed by atoms with Crippen LogP contribution >= 0.6 is 0 Å². The largest absolute Gasteiger partial charge is 0.370 e. The molecule has 0 radical (unpaired) electrons. The lowest BCUT2D eigenvalue weighted by molar-refractivity contribution is 0.0518. The average Bonchev–Trinajstić information content (AvgIpc) is 2.72. The first-order chi connectivity index (χ1) is 8.56. The van der Waals surface area contributed by atoms with Crippen molar-refractivity contribution in [3.05, 3.63) is 11.7 Å². The molecule has 0 bridgehead atoms. The van der Waals surface area contributed by atoms with Crippen LogP contribution in [0.3, 0.4) is 0 Å². The fraction of sp³-hybridized carbons (Fsp3) is 0.846. The Morgan fingerprint density at radius 3 is 2.61 bits per heavy atom. The number of ether oxygens (including phenoxy) is 1. The Morgan fingerprint density at radius 1 is 1.33 bits per heavy atom. The molecule has 0 fully saturated rings. The number of aromatic nitrogens is 2. The van der Waals surface area contributed by atoms with Crippen molar-refractivity contribution >= 4 is 0 Å². The van der Waals surface area contributed by atoms with E-state index < -0.39 is 0 Å². The van der Waals surface area contributed by atoms with Gasteiger partial charge < -0.3 is 15.0 Å². The molecular weight excluding hydrogens is 230 g/mol. The summed E-state index contributed by atoms with van der Waals surface area (Å²) < 4.78 is 10.8. The molecule has 0 aromatic carbocycles. The molecule has 18 heavy (non-hydrogen) atoms. The molecule has 0 saturated carbocycles. The van der Waals surface area contributed by atoms with E-state index in [4.69, 9.17) is 15.0 Å². The van der Waals surface area contributed by atoms with Crippen molar-refractivity contribution in [2.75, 3.05) is 6.61 Å². The van der Waals surface area contributed by atoms with Crippen LogP contribution in [0, 0.1) is 5.92 Å². The van der Waals surface area contributed by atoms with Gasteiger partial charge in [0.2, 0.25) is 11.7 Å². The van der Waals surface area contributed by atoms with Crippen LogP contribution < -0.4 is 5.73 Å². The maximum Gasteiger partial charge on any atom is 0.228 e. The van der Waals surface area contributed by atoms with Crippen LogP contribution in [-0.4, -0.2) is 22.8 Å². The molecule has 5 heteroatoms. The second-order valence-electron chi connectivity index (χ2n) is 4.99. The molecule has 0 spiro atoms. The van der Waals surface area contributed by atoms with Crippen LogP contribution in [0.15, 0.2) is 4.52 Å². The van der Waals surface area contributed by atoms with Crippen LogP contribution in [0.4, 0.5) is 0 Å². The van der Waals surface area contributed by atoms with Gasteiger partial charge in [0, 0.05) is 19.1 Å². The van der Waals surface area contributed by atoms with Crippen molar-refractivity contribution in [1.82, 2.24) is 10.1 Å². The Balaban J connectivity index is 2.56. The number of nitrogens with zero attached hydrogens (tertiary/aromatic N) is 2. The predicted octanol–water partition coefficient (Wildman–Crippen LogP) is 2.47. The van der Waals surface area contributed by atoms with E-state index in [1.165, 1.54) is 0 Å². The summed E-state index contributed by atoms with van der Waals surface area (Å²) in [5.41, 5.74) is 6.02. The number of rotatable bonds is 8. The van der Waals surface area contributed by atoms with Gasteiger partial charge in [0.05, 0.1) is 0 Å². The summed E-state index contributed by atoms with van der Waals surface area (Å²) in [5, 5.41) is 3.97. The quantitative estimate of drug-likeness (QED) is 0.772. The molecule has 1 aromatic rings. The van der Waals surface area contributed by atoms with Crippen molar-refractivity contribution in [3.8, 4) is 0 Å². The molecule has 104 valence electrons. The van der Waals surface area contributed by atoms with E-state index in [1.807, 2.05) is 13.8 Å². The Bertz CT molecular complexity index is 339. The molecule has 2 N–H and O–H groups in total. The third-order valence-corrected chi connectivity index (χ3v) is 2.72. The zero-order valence-electron chi connectivity index (χ0n) is 11.8. The third-order valence-electron chi connectivity index (χ3n) is 2.72. The van der Waals surface area contributed by atoms with Gasteiger partial charge in [0.15, 0.2) is 0 Å². The normalized spacial score (nSPS) is 15.0. The molecule has 0 saturated heterocycles. The lowest BCUT2D eigenvalue weighted by Crippen LogP contribution is -2.24. The summed E-state index contributed by atoms with van der Waals surface area (Å²) in [6.07, 6.45) is 2.35. The molecule has 1 aromatic heterocycles. The summed E-state index contributed by atoms with van der Waals surface area (Å²) >= 11 is 0. The van der Waals surface area contributed by atoms with E-state index in [-0.39, 0.29) is 12.1 Å². The summed E-state index contributed by atoms with van der Waals surface area (Å²) in [4.78, 5) is 4.36. The highest BCUT2D eigenvalue weighted by Gasteiger charge is 2.18. The first-order valence-corrected chi connectivity index (χ1v) is 6.76. The third kappa shape index (κ3) is 4.74. The van der Waals surface area contributed by atoms with Crippen LogP contribution in [0.5, 0.6) is 0 Å². The zero-order valence-corrected chi connectivity index (χ0v) is 11.8. The molecular formula is C13H25N3O2. The van der Waals surface area contributed by atoms with Gasteiger partial charge in [-0.15, -0.1) is 0 Å². The topological polar surface area (TPSA) is 74.2 Å². The molecule has 0 amide bonds.